The van der Waals surface area contributed by atoms with Crippen molar-refractivity contribution in [2.24, 2.45) is 0 Å². The highest BCUT2D eigenvalue weighted by molar-refractivity contribution is 6.06. The summed E-state index contributed by atoms with van der Waals surface area (Å²) in [5.74, 6) is -0.319. The van der Waals surface area contributed by atoms with Crippen LogP contribution in [0.25, 0.3) is 10.9 Å². The Bertz CT molecular complexity index is 1150. The van der Waals surface area contributed by atoms with Crippen molar-refractivity contribution in [2.75, 3.05) is 12.4 Å². The van der Waals surface area contributed by atoms with Gasteiger partial charge in [0.15, 0.2) is 0 Å². The molecule has 0 fully saturated rings. The first-order valence-corrected chi connectivity index (χ1v) is 8.86. The van der Waals surface area contributed by atoms with Crippen molar-refractivity contribution in [3.63, 3.8) is 0 Å². The Hall–Kier alpha value is -3.29. The van der Waals surface area contributed by atoms with Crippen molar-refractivity contribution >= 4 is 22.5 Å². The molecule has 2 aromatic carbocycles. The molecule has 0 radical (unpaired) electrons. The average molecular weight is 404 g/mol. The van der Waals surface area contributed by atoms with E-state index in [4.69, 9.17) is 4.74 Å². The zero-order valence-corrected chi connectivity index (χ0v) is 16.1. The van der Waals surface area contributed by atoms with Gasteiger partial charge in [-0.3, -0.25) is 9.59 Å². The minimum absolute atomic E-state index is 0.162. The number of methoxy groups -OCH3 is 1. The molecule has 0 saturated carbocycles. The lowest BCUT2D eigenvalue weighted by molar-refractivity contribution is -0.137. The molecule has 8 heteroatoms. The first-order valence-electron chi connectivity index (χ1n) is 8.86. The maximum atomic E-state index is 13.1. The molecule has 3 aromatic rings. The number of ether oxygens (including phenoxy) is 1. The number of amides is 1. The van der Waals surface area contributed by atoms with Crippen LogP contribution in [0.1, 0.15) is 28.4 Å². The van der Waals surface area contributed by atoms with Gasteiger partial charge in [-0.2, -0.15) is 13.2 Å². The van der Waals surface area contributed by atoms with E-state index in [1.54, 1.807) is 29.7 Å². The van der Waals surface area contributed by atoms with Crippen molar-refractivity contribution in [2.45, 2.75) is 26.6 Å². The van der Waals surface area contributed by atoms with E-state index in [9.17, 15) is 22.8 Å². The van der Waals surface area contributed by atoms with Crippen molar-refractivity contribution in [3.8, 4) is 5.75 Å². The predicted molar refractivity (Wildman–Crippen MR) is 105 cm³/mol. The summed E-state index contributed by atoms with van der Waals surface area (Å²) < 4.78 is 46.1. The van der Waals surface area contributed by atoms with E-state index in [2.05, 4.69) is 5.32 Å². The lowest BCUT2D eigenvalue weighted by Crippen LogP contribution is -2.24. The lowest BCUT2D eigenvalue weighted by atomic mass is 10.1. The lowest BCUT2D eigenvalue weighted by Gasteiger charge is -2.15. The van der Waals surface area contributed by atoms with Gasteiger partial charge in [0.05, 0.1) is 23.9 Å². The van der Waals surface area contributed by atoms with Gasteiger partial charge in [-0.15, -0.1) is 0 Å². The summed E-state index contributed by atoms with van der Waals surface area (Å²) in [7, 11) is 1.44. The number of carbonyl (C=O) groups is 1. The quantitative estimate of drug-likeness (QED) is 0.691. The summed E-state index contributed by atoms with van der Waals surface area (Å²) in [6, 6.07) is 8.10. The third-order valence-electron chi connectivity index (χ3n) is 4.60. The summed E-state index contributed by atoms with van der Waals surface area (Å²) in [6.07, 6.45) is -3.24. The van der Waals surface area contributed by atoms with Crippen LogP contribution in [0.15, 0.2) is 47.4 Å². The van der Waals surface area contributed by atoms with Crippen LogP contribution in [-0.2, 0) is 12.7 Å². The summed E-state index contributed by atoms with van der Waals surface area (Å²) in [6.45, 7) is 3.97. The van der Waals surface area contributed by atoms with Crippen LogP contribution in [0, 0.1) is 6.92 Å². The molecule has 0 aliphatic rings. The van der Waals surface area contributed by atoms with Gasteiger partial charge >= 0.3 is 6.18 Å². The number of carbonyl (C=O) groups excluding carboxylic acids is 1. The van der Waals surface area contributed by atoms with Gasteiger partial charge < -0.3 is 14.6 Å². The fourth-order valence-corrected chi connectivity index (χ4v) is 3.11. The average Bonchev–Trinajstić information content (AvgIpc) is 2.67. The Morgan fingerprint density at radius 1 is 1.17 bits per heavy atom. The largest absolute Gasteiger partial charge is 0.495 e. The van der Waals surface area contributed by atoms with Gasteiger partial charge in [0.25, 0.3) is 5.91 Å². The Balaban J connectivity index is 2.14. The van der Waals surface area contributed by atoms with Crippen LogP contribution in [0.5, 0.6) is 5.75 Å². The molecule has 0 bridgehead atoms. The molecule has 1 aromatic heterocycles. The minimum atomic E-state index is -4.59. The molecule has 0 aliphatic carbocycles. The van der Waals surface area contributed by atoms with Crippen LogP contribution in [-0.4, -0.2) is 17.6 Å². The van der Waals surface area contributed by atoms with Crippen molar-refractivity contribution < 1.29 is 22.7 Å². The van der Waals surface area contributed by atoms with Crippen molar-refractivity contribution in [3.05, 3.63) is 69.5 Å². The van der Waals surface area contributed by atoms with Crippen LogP contribution < -0.4 is 15.5 Å². The Morgan fingerprint density at radius 3 is 2.52 bits per heavy atom. The van der Waals surface area contributed by atoms with Gasteiger partial charge in [0, 0.05) is 18.1 Å². The predicted octanol–water partition coefficient (Wildman–Crippen LogP) is 4.61. The molecule has 1 amide bonds. The second-order valence-electron chi connectivity index (χ2n) is 6.55. The molecule has 0 saturated heterocycles. The van der Waals surface area contributed by atoms with Crippen molar-refractivity contribution in [1.29, 1.82) is 0 Å². The highest BCUT2D eigenvalue weighted by atomic mass is 19.4. The molecular formula is C21H19F3N2O3. The van der Waals surface area contributed by atoms with Gasteiger partial charge in [-0.25, -0.2) is 0 Å². The minimum Gasteiger partial charge on any atom is -0.495 e. The molecule has 3 rings (SSSR count). The molecule has 1 N–H and O–H groups in total. The van der Waals surface area contributed by atoms with E-state index in [-0.39, 0.29) is 10.9 Å². The number of anilines is 1. The fourth-order valence-electron chi connectivity index (χ4n) is 3.11. The van der Waals surface area contributed by atoms with E-state index < -0.39 is 23.1 Å². The number of nitrogens with one attached hydrogen (secondary N) is 1. The summed E-state index contributed by atoms with van der Waals surface area (Å²) >= 11 is 0. The number of fused-ring (bicyclic) bond motifs is 1. The Morgan fingerprint density at radius 2 is 1.90 bits per heavy atom. The number of halogens is 3. The summed E-state index contributed by atoms with van der Waals surface area (Å²) in [5, 5.41) is 2.46. The first kappa shape index (κ1) is 20.4. The SMILES string of the molecule is CCn1cc(C(=O)Nc2cc(C)ccc2OC)c(=O)c2cc(C(F)(F)F)ccc21. The monoisotopic (exact) mass is 404 g/mol. The molecule has 1 heterocycles. The summed E-state index contributed by atoms with van der Waals surface area (Å²) in [4.78, 5) is 25.7. The van der Waals surface area contributed by atoms with Crippen molar-refractivity contribution in [1.82, 2.24) is 4.57 Å². The molecule has 0 aliphatic heterocycles. The molecule has 0 spiro atoms. The zero-order chi connectivity index (χ0) is 21.3. The number of nitrogens with zero attached hydrogens (tertiary/aromatic N) is 1. The first-order chi connectivity index (χ1) is 13.7. The highest BCUT2D eigenvalue weighted by Gasteiger charge is 2.31. The number of aromatic nitrogens is 1. The maximum absolute atomic E-state index is 13.1. The molecular weight excluding hydrogens is 385 g/mol. The van der Waals surface area contributed by atoms with Crippen LogP contribution in [0.2, 0.25) is 0 Å². The van der Waals surface area contributed by atoms with Crippen LogP contribution in [0.4, 0.5) is 18.9 Å². The number of alkyl halides is 3. The van der Waals surface area contributed by atoms with Gasteiger partial charge in [-0.05, 0) is 49.7 Å². The Labute approximate surface area is 164 Å². The fraction of sp³-hybridized carbons (Fsp3) is 0.238. The number of rotatable bonds is 4. The number of hydrogen-bond donors (Lipinski definition) is 1. The maximum Gasteiger partial charge on any atom is 0.416 e. The van der Waals surface area contributed by atoms with E-state index >= 15 is 0 Å². The topological polar surface area (TPSA) is 60.3 Å². The van der Waals surface area contributed by atoms with Crippen LogP contribution in [0.3, 0.4) is 0 Å². The normalized spacial score (nSPS) is 11.5. The molecule has 0 atom stereocenters. The third kappa shape index (κ3) is 3.96. The van der Waals surface area contributed by atoms with E-state index in [1.165, 1.54) is 19.4 Å². The molecule has 152 valence electrons. The van der Waals surface area contributed by atoms with Gasteiger partial charge in [0.1, 0.15) is 11.3 Å². The molecule has 29 heavy (non-hydrogen) atoms. The van der Waals surface area contributed by atoms with E-state index in [0.29, 0.717) is 23.5 Å². The molecule has 5 nitrogen and oxygen atoms in total. The van der Waals surface area contributed by atoms with E-state index in [0.717, 1.165) is 17.7 Å². The third-order valence-corrected chi connectivity index (χ3v) is 4.60. The highest BCUT2D eigenvalue weighted by Crippen LogP contribution is 2.31. The van der Waals surface area contributed by atoms with Crippen LogP contribution >= 0.6 is 0 Å². The molecule has 0 unspecified atom stereocenters. The Kier molecular flexibility index (Phi) is 5.37. The number of aryl methyl sites for hydroxylation is 2. The second kappa shape index (κ2) is 7.62. The standard InChI is InChI=1S/C21H19F3N2O3/c1-4-26-11-15(20(28)25-16-9-12(2)5-8-18(16)29-3)19(27)14-10-13(21(22,23)24)6-7-17(14)26/h5-11H,4H2,1-3H3,(H,25,28). The summed E-state index contributed by atoms with van der Waals surface area (Å²) in [5.41, 5.74) is -0.399. The smallest absolute Gasteiger partial charge is 0.416 e. The van der Waals surface area contributed by atoms with Gasteiger partial charge in [-0.1, -0.05) is 6.07 Å². The zero-order valence-electron chi connectivity index (χ0n) is 16.1. The van der Waals surface area contributed by atoms with E-state index in [1.807, 2.05) is 6.92 Å². The number of hydrogen-bond acceptors (Lipinski definition) is 3. The number of benzene rings is 2. The van der Waals surface area contributed by atoms with Gasteiger partial charge in [0.2, 0.25) is 5.43 Å². The number of pyridine rings is 1. The second-order valence-corrected chi connectivity index (χ2v) is 6.55.